The molecule has 1 fully saturated rings. The molecule has 0 aliphatic carbocycles. The molecule has 0 saturated carbocycles. The quantitative estimate of drug-likeness (QED) is 0.605. The molecule has 13 heavy (non-hydrogen) atoms. The van der Waals surface area contributed by atoms with Gasteiger partial charge in [0.15, 0.2) is 0 Å². The van der Waals surface area contributed by atoms with Gasteiger partial charge in [-0.2, -0.15) is 0 Å². The second-order valence-electron chi connectivity index (χ2n) is 5.94. The van der Waals surface area contributed by atoms with Crippen molar-refractivity contribution >= 4 is 16.5 Å². The molecule has 1 nitrogen and oxygen atoms in total. The fourth-order valence-electron chi connectivity index (χ4n) is 3.41. The van der Waals surface area contributed by atoms with Crippen molar-refractivity contribution < 1.29 is 0 Å². The van der Waals surface area contributed by atoms with Gasteiger partial charge in [0.05, 0.1) is 0 Å². The fraction of sp³-hybridized carbons (Fsp3) is 1.00. The van der Waals surface area contributed by atoms with Gasteiger partial charge in [-0.1, -0.05) is 46.5 Å². The summed E-state index contributed by atoms with van der Waals surface area (Å²) in [5.41, 5.74) is 0. The SMILES string of the molecule is CC(C)N1[Si](C)(C)CCC[Si]1(C)C. The van der Waals surface area contributed by atoms with Crippen LogP contribution in [-0.4, -0.2) is 26.7 Å². The van der Waals surface area contributed by atoms with Crippen LogP contribution >= 0.6 is 0 Å². The number of hydrogen-bond donors (Lipinski definition) is 0. The third-order valence-corrected chi connectivity index (χ3v) is 13.8. The molecule has 0 spiro atoms. The minimum atomic E-state index is -1.02. The largest absolute Gasteiger partial charge is 0.343 e. The van der Waals surface area contributed by atoms with Crippen molar-refractivity contribution in [2.75, 3.05) is 0 Å². The summed E-state index contributed by atoms with van der Waals surface area (Å²) >= 11 is 0. The highest BCUT2D eigenvalue weighted by atomic mass is 28.4. The summed E-state index contributed by atoms with van der Waals surface area (Å²) in [4.78, 5) is 0. The zero-order valence-corrected chi connectivity index (χ0v) is 12.1. The van der Waals surface area contributed by atoms with Crippen LogP contribution < -0.4 is 0 Å². The van der Waals surface area contributed by atoms with Crippen LogP contribution in [0.1, 0.15) is 20.3 Å². The summed E-state index contributed by atoms with van der Waals surface area (Å²) < 4.78 is 2.96. The summed E-state index contributed by atoms with van der Waals surface area (Å²) in [5, 5.41) is 0. The van der Waals surface area contributed by atoms with E-state index in [-0.39, 0.29) is 0 Å². The Bertz CT molecular complexity index is 171. The molecule has 78 valence electrons. The van der Waals surface area contributed by atoms with E-state index in [9.17, 15) is 0 Å². The summed E-state index contributed by atoms with van der Waals surface area (Å²) in [7, 11) is -2.05. The smallest absolute Gasteiger partial charge is 0.115 e. The van der Waals surface area contributed by atoms with Crippen LogP contribution in [0.25, 0.3) is 0 Å². The van der Waals surface area contributed by atoms with Gasteiger partial charge in [-0.25, -0.2) is 0 Å². The Morgan fingerprint density at radius 2 is 1.31 bits per heavy atom. The fourth-order valence-corrected chi connectivity index (χ4v) is 16.4. The molecule has 0 N–H and O–H groups in total. The van der Waals surface area contributed by atoms with Crippen molar-refractivity contribution in [3.63, 3.8) is 0 Å². The van der Waals surface area contributed by atoms with Gasteiger partial charge in [0, 0.05) is 0 Å². The van der Waals surface area contributed by atoms with Gasteiger partial charge in [0.25, 0.3) is 0 Å². The normalized spacial score (nSPS) is 27.9. The lowest BCUT2D eigenvalue weighted by Gasteiger charge is -2.53. The molecule has 1 rings (SSSR count). The maximum atomic E-state index is 2.96. The predicted molar refractivity (Wildman–Crippen MR) is 66.2 cm³/mol. The number of rotatable bonds is 1. The van der Waals surface area contributed by atoms with Crippen molar-refractivity contribution in [1.29, 1.82) is 0 Å². The Morgan fingerprint density at radius 3 is 1.54 bits per heavy atom. The minimum absolute atomic E-state index is 0.781. The van der Waals surface area contributed by atoms with E-state index in [1.807, 2.05) is 0 Å². The summed E-state index contributed by atoms with van der Waals surface area (Å²) in [6, 6.07) is 3.81. The highest BCUT2D eigenvalue weighted by Crippen LogP contribution is 2.35. The Balaban J connectivity index is 2.91. The summed E-state index contributed by atoms with van der Waals surface area (Å²) in [6.07, 6.45) is 1.50. The molecule has 0 unspecified atom stereocenters. The van der Waals surface area contributed by atoms with Crippen molar-refractivity contribution in [1.82, 2.24) is 4.23 Å². The average Bonchev–Trinajstić information content (AvgIpc) is 1.79. The summed E-state index contributed by atoms with van der Waals surface area (Å²) in [6.45, 7) is 15.0. The highest BCUT2D eigenvalue weighted by Gasteiger charge is 2.44. The predicted octanol–water partition coefficient (Wildman–Crippen LogP) is 3.51. The number of hydrogen-bond acceptors (Lipinski definition) is 1. The molecule has 1 heterocycles. The molecular formula is C10H25NSi2. The van der Waals surface area contributed by atoms with Crippen LogP contribution in [0.5, 0.6) is 0 Å². The molecular weight excluding hydrogens is 190 g/mol. The third-order valence-electron chi connectivity index (χ3n) is 3.40. The second kappa shape index (κ2) is 3.52. The Hall–Kier alpha value is 0.394. The lowest BCUT2D eigenvalue weighted by Crippen LogP contribution is -2.66. The van der Waals surface area contributed by atoms with Crippen molar-refractivity contribution in [3.05, 3.63) is 0 Å². The highest BCUT2D eigenvalue weighted by molar-refractivity contribution is 6.91. The molecule has 0 bridgehead atoms. The van der Waals surface area contributed by atoms with Gasteiger partial charge in [0.2, 0.25) is 0 Å². The summed E-state index contributed by atoms with van der Waals surface area (Å²) in [5.74, 6) is 0. The monoisotopic (exact) mass is 215 g/mol. The Kier molecular flexibility index (Phi) is 3.10. The molecule has 0 radical (unpaired) electrons. The van der Waals surface area contributed by atoms with Gasteiger partial charge >= 0.3 is 0 Å². The second-order valence-corrected chi connectivity index (χ2v) is 15.6. The van der Waals surface area contributed by atoms with E-state index in [2.05, 4.69) is 44.3 Å². The van der Waals surface area contributed by atoms with E-state index in [0.717, 1.165) is 6.04 Å². The van der Waals surface area contributed by atoms with Crippen LogP contribution in [0.3, 0.4) is 0 Å². The van der Waals surface area contributed by atoms with Crippen LogP contribution in [0.2, 0.25) is 38.3 Å². The van der Waals surface area contributed by atoms with E-state index in [1.54, 1.807) is 0 Å². The molecule has 3 heteroatoms. The first kappa shape index (κ1) is 11.5. The van der Waals surface area contributed by atoms with Gasteiger partial charge in [-0.15, -0.1) is 0 Å². The van der Waals surface area contributed by atoms with Crippen LogP contribution in [0.15, 0.2) is 0 Å². The molecule has 0 aromatic carbocycles. The first-order valence-electron chi connectivity index (χ1n) is 5.57. The number of nitrogens with zero attached hydrogens (tertiary/aromatic N) is 1. The van der Waals surface area contributed by atoms with E-state index >= 15 is 0 Å². The molecule has 1 aliphatic heterocycles. The van der Waals surface area contributed by atoms with Gasteiger partial charge in [-0.05, 0) is 18.1 Å². The molecule has 1 saturated heterocycles. The Labute approximate surface area is 85.7 Å². The van der Waals surface area contributed by atoms with Crippen molar-refractivity contribution in [2.45, 2.75) is 64.6 Å². The lowest BCUT2D eigenvalue weighted by atomic mass is 10.4. The zero-order valence-electron chi connectivity index (χ0n) is 10.1. The van der Waals surface area contributed by atoms with Gasteiger partial charge < -0.3 is 4.23 Å². The Morgan fingerprint density at radius 1 is 0.923 bits per heavy atom. The van der Waals surface area contributed by atoms with Crippen LogP contribution in [0, 0.1) is 0 Å². The standard InChI is InChI=1S/C10H25NSi2/c1-10(2)11-12(3,4)8-7-9-13(11,5)6/h10H,7-9H2,1-6H3. The first-order chi connectivity index (χ1) is 5.77. The van der Waals surface area contributed by atoms with Crippen LogP contribution in [0.4, 0.5) is 0 Å². The lowest BCUT2D eigenvalue weighted by molar-refractivity contribution is 0.483. The van der Waals surface area contributed by atoms with E-state index < -0.39 is 16.5 Å². The van der Waals surface area contributed by atoms with Crippen LogP contribution in [-0.2, 0) is 0 Å². The molecule has 0 aromatic heterocycles. The molecule has 0 atom stereocenters. The topological polar surface area (TPSA) is 3.24 Å². The maximum absolute atomic E-state index is 2.96. The average molecular weight is 215 g/mol. The first-order valence-corrected chi connectivity index (χ1v) is 11.9. The molecule has 0 amide bonds. The van der Waals surface area contributed by atoms with Crippen molar-refractivity contribution in [3.8, 4) is 0 Å². The molecule has 0 aromatic rings. The minimum Gasteiger partial charge on any atom is -0.343 e. The van der Waals surface area contributed by atoms with E-state index in [1.165, 1.54) is 18.5 Å². The maximum Gasteiger partial charge on any atom is 0.115 e. The van der Waals surface area contributed by atoms with Gasteiger partial charge in [0.1, 0.15) is 16.5 Å². The van der Waals surface area contributed by atoms with Gasteiger partial charge in [-0.3, -0.25) is 0 Å². The van der Waals surface area contributed by atoms with E-state index in [0.29, 0.717) is 0 Å². The zero-order chi connectivity index (χ0) is 10.3. The van der Waals surface area contributed by atoms with Crippen molar-refractivity contribution in [2.24, 2.45) is 0 Å². The van der Waals surface area contributed by atoms with E-state index in [4.69, 9.17) is 0 Å². The third kappa shape index (κ3) is 2.25. The molecule has 1 aliphatic rings.